The number of esters is 1. The highest BCUT2D eigenvalue weighted by atomic mass is 79.9. The second-order valence-corrected chi connectivity index (χ2v) is 7.21. The van der Waals surface area contributed by atoms with Crippen LogP contribution < -0.4 is 9.47 Å². The number of hydrogen-bond donors (Lipinski definition) is 0. The van der Waals surface area contributed by atoms with Crippen molar-refractivity contribution in [3.63, 3.8) is 0 Å². The molecule has 3 heterocycles. The van der Waals surface area contributed by atoms with Gasteiger partial charge in [0.05, 0.1) is 11.8 Å². The number of allylic oxidation sites excluding steroid dienone is 1. The smallest absolute Gasteiger partial charge is 0.379 e. The summed E-state index contributed by atoms with van der Waals surface area (Å²) in [7, 11) is 0. The first-order valence-electron chi connectivity index (χ1n) is 8.60. The average molecular weight is 451 g/mol. The van der Waals surface area contributed by atoms with Crippen molar-refractivity contribution in [1.82, 2.24) is 0 Å². The molecule has 0 spiro atoms. The van der Waals surface area contributed by atoms with Gasteiger partial charge in [-0.2, -0.15) is 0 Å². The van der Waals surface area contributed by atoms with Gasteiger partial charge in [0.15, 0.2) is 5.76 Å². The molecule has 5 rings (SSSR count). The minimum Gasteiger partial charge on any atom is -0.465 e. The molecule has 1 aliphatic heterocycles. The van der Waals surface area contributed by atoms with Crippen molar-refractivity contribution in [3.05, 3.63) is 88.2 Å². The fraction of sp³-hybridized carbons (Fsp3) is 0. The van der Waals surface area contributed by atoms with Crippen LogP contribution in [0.2, 0.25) is 0 Å². The Kier molecular flexibility index (Phi) is 4.10. The molecule has 29 heavy (non-hydrogen) atoms. The predicted molar refractivity (Wildman–Crippen MR) is 107 cm³/mol. The molecule has 142 valence electrons. The van der Waals surface area contributed by atoms with Crippen LogP contribution in [0.15, 0.2) is 79.9 Å². The first-order valence-corrected chi connectivity index (χ1v) is 9.39. The first kappa shape index (κ1) is 17.5. The summed E-state index contributed by atoms with van der Waals surface area (Å²) in [5.74, 6) is 0.360. The van der Waals surface area contributed by atoms with Gasteiger partial charge in [-0.3, -0.25) is 4.79 Å². The lowest BCUT2D eigenvalue weighted by Gasteiger charge is -2.03. The summed E-state index contributed by atoms with van der Waals surface area (Å²) in [5, 5.41) is 0.780. The maximum absolute atomic E-state index is 12.4. The molecular formula is C22H11BrO6. The van der Waals surface area contributed by atoms with Gasteiger partial charge in [0.2, 0.25) is 11.5 Å². The van der Waals surface area contributed by atoms with E-state index >= 15 is 0 Å². The number of carbonyl (C=O) groups is 2. The zero-order valence-electron chi connectivity index (χ0n) is 14.7. The third-order valence-electron chi connectivity index (χ3n) is 4.35. The molecule has 7 heteroatoms. The molecule has 0 fully saturated rings. The molecule has 0 unspecified atom stereocenters. The number of hydrogen-bond acceptors (Lipinski definition) is 6. The quantitative estimate of drug-likeness (QED) is 0.229. The van der Waals surface area contributed by atoms with Gasteiger partial charge in [-0.25, -0.2) is 4.79 Å². The number of ether oxygens (including phenoxy) is 2. The van der Waals surface area contributed by atoms with E-state index in [1.165, 1.54) is 24.5 Å². The third kappa shape index (κ3) is 3.25. The summed E-state index contributed by atoms with van der Waals surface area (Å²) in [6.45, 7) is 0. The number of rotatable bonds is 3. The summed E-state index contributed by atoms with van der Waals surface area (Å²) < 4.78 is 22.6. The van der Waals surface area contributed by atoms with E-state index in [2.05, 4.69) is 15.9 Å². The second-order valence-electron chi connectivity index (χ2n) is 6.30. The largest absolute Gasteiger partial charge is 0.465 e. The number of Topliss-reactive ketones (excluding diaryl/α,β-unsaturated/α-hetero) is 1. The molecule has 2 aromatic carbocycles. The van der Waals surface area contributed by atoms with Crippen molar-refractivity contribution in [2.24, 2.45) is 0 Å². The molecule has 0 amide bonds. The molecule has 0 aliphatic carbocycles. The zero-order chi connectivity index (χ0) is 20.0. The van der Waals surface area contributed by atoms with Crippen molar-refractivity contribution < 1.29 is 27.9 Å². The highest BCUT2D eigenvalue weighted by Gasteiger charge is 2.28. The molecule has 0 N–H and O–H groups in total. The van der Waals surface area contributed by atoms with E-state index < -0.39 is 5.97 Å². The lowest BCUT2D eigenvalue weighted by atomic mass is 10.1. The van der Waals surface area contributed by atoms with E-state index in [4.69, 9.17) is 18.3 Å². The molecule has 6 nitrogen and oxygen atoms in total. The van der Waals surface area contributed by atoms with E-state index in [-0.39, 0.29) is 23.1 Å². The van der Waals surface area contributed by atoms with Gasteiger partial charge in [0.25, 0.3) is 0 Å². The molecule has 0 atom stereocenters. The molecule has 0 bridgehead atoms. The van der Waals surface area contributed by atoms with Gasteiger partial charge >= 0.3 is 5.97 Å². The van der Waals surface area contributed by atoms with Gasteiger partial charge in [-0.15, -0.1) is 0 Å². The minimum atomic E-state index is -0.645. The average Bonchev–Trinajstić information content (AvgIpc) is 3.42. The predicted octanol–water partition coefficient (Wildman–Crippen LogP) is 5.62. The van der Waals surface area contributed by atoms with E-state index in [1.807, 2.05) is 12.1 Å². The van der Waals surface area contributed by atoms with Crippen molar-refractivity contribution in [3.8, 4) is 11.5 Å². The highest BCUT2D eigenvalue weighted by molar-refractivity contribution is 9.10. The summed E-state index contributed by atoms with van der Waals surface area (Å²) in [4.78, 5) is 24.9. The lowest BCUT2D eigenvalue weighted by molar-refractivity contribution is 0.0703. The standard InChI is InChI=1S/C22H11BrO6/c23-13-3-6-17-12(8-13)9-20(28-17)22(25)27-15-4-5-16-18(11-15)29-19(21(16)24)10-14-2-1-7-26-14/h1-11H/b19-10-. The molecule has 1 aliphatic rings. The van der Waals surface area contributed by atoms with Crippen molar-refractivity contribution in [2.45, 2.75) is 0 Å². The number of furan rings is 2. The van der Waals surface area contributed by atoms with Gasteiger partial charge in [0, 0.05) is 22.0 Å². The number of halogens is 1. The van der Waals surface area contributed by atoms with Gasteiger partial charge in [0.1, 0.15) is 22.8 Å². The maximum atomic E-state index is 12.4. The Balaban J connectivity index is 1.38. The Hall–Kier alpha value is -3.58. The van der Waals surface area contributed by atoms with Crippen LogP contribution in [-0.4, -0.2) is 11.8 Å². The van der Waals surface area contributed by atoms with E-state index in [0.29, 0.717) is 22.7 Å². The summed E-state index contributed by atoms with van der Waals surface area (Å²) >= 11 is 3.38. The maximum Gasteiger partial charge on any atom is 0.379 e. The van der Waals surface area contributed by atoms with Crippen molar-refractivity contribution in [2.75, 3.05) is 0 Å². The fourth-order valence-corrected chi connectivity index (χ4v) is 3.38. The Bertz CT molecular complexity index is 1300. The first-order chi connectivity index (χ1) is 14.1. The summed E-state index contributed by atoms with van der Waals surface area (Å²) in [6.07, 6.45) is 3.02. The van der Waals surface area contributed by atoms with Crippen LogP contribution >= 0.6 is 15.9 Å². The third-order valence-corrected chi connectivity index (χ3v) is 4.84. The van der Waals surface area contributed by atoms with E-state index in [9.17, 15) is 9.59 Å². The van der Waals surface area contributed by atoms with Crippen molar-refractivity contribution >= 4 is 44.7 Å². The van der Waals surface area contributed by atoms with Gasteiger partial charge in [-0.05, 0) is 48.5 Å². The molecule has 0 saturated carbocycles. The van der Waals surface area contributed by atoms with Gasteiger partial charge in [-0.1, -0.05) is 15.9 Å². The van der Waals surface area contributed by atoms with Crippen LogP contribution in [0.1, 0.15) is 26.7 Å². The number of carbonyl (C=O) groups excluding carboxylic acids is 2. The summed E-state index contributed by atoms with van der Waals surface area (Å²) in [5.41, 5.74) is 0.965. The van der Waals surface area contributed by atoms with Crippen LogP contribution in [0, 0.1) is 0 Å². The Morgan fingerprint density at radius 1 is 1.07 bits per heavy atom. The monoisotopic (exact) mass is 450 g/mol. The lowest BCUT2D eigenvalue weighted by Crippen LogP contribution is -2.07. The normalized spacial score (nSPS) is 14.2. The number of benzene rings is 2. The Morgan fingerprint density at radius 2 is 1.97 bits per heavy atom. The molecule has 0 radical (unpaired) electrons. The Morgan fingerprint density at radius 3 is 2.79 bits per heavy atom. The van der Waals surface area contributed by atoms with Gasteiger partial charge < -0.3 is 18.3 Å². The number of fused-ring (bicyclic) bond motifs is 2. The molecule has 0 saturated heterocycles. The topological polar surface area (TPSA) is 78.9 Å². The fourth-order valence-electron chi connectivity index (χ4n) is 3.01. The number of ketones is 1. The van der Waals surface area contributed by atoms with Crippen LogP contribution in [0.3, 0.4) is 0 Å². The van der Waals surface area contributed by atoms with E-state index in [0.717, 1.165) is 9.86 Å². The highest BCUT2D eigenvalue weighted by Crippen LogP contribution is 2.35. The van der Waals surface area contributed by atoms with Crippen LogP contribution in [0.4, 0.5) is 0 Å². The van der Waals surface area contributed by atoms with Crippen LogP contribution in [-0.2, 0) is 0 Å². The van der Waals surface area contributed by atoms with Crippen LogP contribution in [0.25, 0.3) is 17.0 Å². The second kappa shape index (κ2) is 6.79. The molecular weight excluding hydrogens is 440 g/mol. The zero-order valence-corrected chi connectivity index (χ0v) is 16.3. The minimum absolute atomic E-state index is 0.0778. The summed E-state index contributed by atoms with van der Waals surface area (Å²) in [6, 6.07) is 15.1. The van der Waals surface area contributed by atoms with Crippen molar-refractivity contribution in [1.29, 1.82) is 0 Å². The molecule has 2 aromatic heterocycles. The van der Waals surface area contributed by atoms with E-state index in [1.54, 1.807) is 30.3 Å². The van der Waals surface area contributed by atoms with Crippen LogP contribution in [0.5, 0.6) is 11.5 Å². The SMILES string of the molecule is O=C(Oc1ccc2c(c1)O/C(=C\c1ccco1)C2=O)c1cc2cc(Br)ccc2o1. The molecule has 4 aromatic rings. The Labute approximate surface area is 172 Å².